The van der Waals surface area contributed by atoms with Crippen LogP contribution in [0.4, 0.5) is 0 Å². The van der Waals surface area contributed by atoms with Crippen LogP contribution in [-0.2, 0) is 33.3 Å². The van der Waals surface area contributed by atoms with Gasteiger partial charge in [-0.05, 0) is 26.2 Å². The molecular weight excluding hydrogens is 564 g/mol. The lowest BCUT2D eigenvalue weighted by Gasteiger charge is -2.35. The molecule has 0 saturated carbocycles. The molecule has 0 aromatic rings. The van der Waals surface area contributed by atoms with Crippen LogP contribution >= 0.6 is 0 Å². The third kappa shape index (κ3) is 12.6. The Balaban J connectivity index is 6.04. The number of rotatable bonds is 21. The first-order valence-electron chi connectivity index (χ1n) is 13.9. The van der Waals surface area contributed by atoms with Crippen molar-refractivity contribution >= 4 is 11.9 Å². The van der Waals surface area contributed by atoms with Gasteiger partial charge in [-0.1, -0.05) is 27.7 Å². The van der Waals surface area contributed by atoms with Gasteiger partial charge in [-0.3, -0.25) is 9.59 Å². The standard InChI is InChI=1S/C27H52O15/c1-12(2)20(30)22(32)23(33)21(31)13(3)11-40-16(6)18(9-17(26(37)39-8)14(4)25(36)38-7)41-27(24(34)35)42-19(10-28)15(5)29/h12-24,27-35H,9-11H2,1-8H3. The molecule has 0 aliphatic rings. The van der Waals surface area contributed by atoms with E-state index in [1.165, 1.54) is 27.7 Å². The molecule has 15 heteroatoms. The van der Waals surface area contributed by atoms with E-state index < -0.39 is 104 Å². The van der Waals surface area contributed by atoms with E-state index in [1.54, 1.807) is 13.8 Å². The fourth-order valence-electron chi connectivity index (χ4n) is 4.09. The minimum absolute atomic E-state index is 0.237. The van der Waals surface area contributed by atoms with Gasteiger partial charge >= 0.3 is 11.9 Å². The van der Waals surface area contributed by atoms with Crippen molar-refractivity contribution in [1.29, 1.82) is 0 Å². The van der Waals surface area contributed by atoms with Gasteiger partial charge in [0.25, 0.3) is 0 Å². The summed E-state index contributed by atoms with van der Waals surface area (Å²) in [6, 6.07) is 0. The van der Waals surface area contributed by atoms with Crippen molar-refractivity contribution in [3.05, 3.63) is 0 Å². The van der Waals surface area contributed by atoms with Crippen LogP contribution in [0.2, 0.25) is 0 Å². The summed E-state index contributed by atoms with van der Waals surface area (Å²) in [6.07, 6.45) is -15.3. The van der Waals surface area contributed by atoms with Crippen molar-refractivity contribution in [1.82, 2.24) is 0 Å². The van der Waals surface area contributed by atoms with Crippen molar-refractivity contribution in [3.63, 3.8) is 0 Å². The van der Waals surface area contributed by atoms with Crippen molar-refractivity contribution in [2.24, 2.45) is 23.7 Å². The molecular formula is C27H52O15. The molecule has 0 heterocycles. The lowest BCUT2D eigenvalue weighted by molar-refractivity contribution is -0.304. The first-order chi connectivity index (χ1) is 19.4. The zero-order chi connectivity index (χ0) is 32.9. The van der Waals surface area contributed by atoms with Crippen molar-refractivity contribution < 1.29 is 74.1 Å². The molecule has 0 amide bonds. The molecule has 0 bridgehead atoms. The SMILES string of the molecule is COC(=O)C(C)C(CC(OC(OC(CO)C(C)O)C(O)O)C(C)OCC(C)C(O)C(O)C(O)C(O)C(C)C)C(=O)OC. The fraction of sp³-hybridized carbons (Fsp3) is 0.926. The van der Waals surface area contributed by atoms with Gasteiger partial charge < -0.3 is 64.5 Å². The van der Waals surface area contributed by atoms with Crippen LogP contribution < -0.4 is 0 Å². The van der Waals surface area contributed by atoms with Crippen LogP contribution in [-0.4, -0.2) is 142 Å². The quantitative estimate of drug-likeness (QED) is 0.0508. The summed E-state index contributed by atoms with van der Waals surface area (Å²) in [5.41, 5.74) is 0. The molecule has 15 nitrogen and oxygen atoms in total. The molecule has 0 aromatic carbocycles. The molecule has 250 valence electrons. The molecule has 0 aliphatic heterocycles. The van der Waals surface area contributed by atoms with Crippen LogP contribution in [0, 0.1) is 23.7 Å². The highest BCUT2D eigenvalue weighted by Crippen LogP contribution is 2.27. The van der Waals surface area contributed by atoms with Crippen LogP contribution in [0.5, 0.6) is 0 Å². The molecule has 12 atom stereocenters. The summed E-state index contributed by atoms with van der Waals surface area (Å²) in [5.74, 6) is -4.89. The Labute approximate surface area is 246 Å². The topological polar surface area (TPSA) is 242 Å². The Morgan fingerprint density at radius 3 is 1.62 bits per heavy atom. The van der Waals surface area contributed by atoms with Crippen molar-refractivity contribution in [2.45, 2.75) is 109 Å². The smallest absolute Gasteiger partial charge is 0.309 e. The maximum absolute atomic E-state index is 12.6. The summed E-state index contributed by atoms with van der Waals surface area (Å²) < 4.78 is 26.6. The van der Waals surface area contributed by atoms with Crippen molar-refractivity contribution in [2.75, 3.05) is 27.4 Å². The normalized spacial score (nSPS) is 20.9. The molecule has 0 radical (unpaired) electrons. The summed E-state index contributed by atoms with van der Waals surface area (Å²) in [4.78, 5) is 24.9. The Hall–Kier alpha value is -1.50. The van der Waals surface area contributed by atoms with Gasteiger partial charge in [0, 0.05) is 5.92 Å². The number of ether oxygens (including phenoxy) is 5. The van der Waals surface area contributed by atoms with Gasteiger partial charge in [-0.2, -0.15) is 0 Å². The number of esters is 2. The first kappa shape index (κ1) is 40.5. The number of carbonyl (C=O) groups excluding carboxylic acids is 2. The number of methoxy groups -OCH3 is 2. The third-order valence-electron chi connectivity index (χ3n) is 7.21. The largest absolute Gasteiger partial charge is 0.469 e. The summed E-state index contributed by atoms with van der Waals surface area (Å²) in [7, 11) is 2.26. The number of carbonyl (C=O) groups is 2. The lowest BCUT2D eigenvalue weighted by atomic mass is 9.87. The number of aliphatic hydroxyl groups is 8. The molecule has 12 unspecified atom stereocenters. The van der Waals surface area contributed by atoms with Crippen LogP contribution in [0.15, 0.2) is 0 Å². The molecule has 8 N–H and O–H groups in total. The molecule has 0 spiro atoms. The van der Waals surface area contributed by atoms with Gasteiger partial charge in [0.05, 0.1) is 69.8 Å². The molecule has 42 heavy (non-hydrogen) atoms. The van der Waals surface area contributed by atoms with E-state index in [-0.39, 0.29) is 13.0 Å². The van der Waals surface area contributed by atoms with Gasteiger partial charge in [-0.15, -0.1) is 0 Å². The monoisotopic (exact) mass is 616 g/mol. The van der Waals surface area contributed by atoms with Crippen LogP contribution in [0.25, 0.3) is 0 Å². The lowest BCUT2D eigenvalue weighted by Crippen LogP contribution is -2.49. The van der Waals surface area contributed by atoms with Crippen molar-refractivity contribution in [3.8, 4) is 0 Å². The summed E-state index contributed by atoms with van der Waals surface area (Å²) in [6.45, 7) is 8.07. The molecule has 0 aliphatic carbocycles. The minimum atomic E-state index is -2.27. The maximum Gasteiger partial charge on any atom is 0.309 e. The highest BCUT2D eigenvalue weighted by atomic mass is 16.7. The molecule has 0 fully saturated rings. The highest BCUT2D eigenvalue weighted by molar-refractivity contribution is 5.81. The van der Waals surface area contributed by atoms with Gasteiger partial charge in [-0.25, -0.2) is 0 Å². The highest BCUT2D eigenvalue weighted by Gasteiger charge is 2.39. The minimum Gasteiger partial charge on any atom is -0.469 e. The average Bonchev–Trinajstić information content (AvgIpc) is 2.95. The molecule has 0 rings (SSSR count). The second kappa shape index (κ2) is 19.7. The number of hydrogen-bond donors (Lipinski definition) is 8. The van der Waals surface area contributed by atoms with Crippen LogP contribution in [0.3, 0.4) is 0 Å². The van der Waals surface area contributed by atoms with E-state index in [0.717, 1.165) is 14.2 Å². The van der Waals surface area contributed by atoms with Crippen LogP contribution in [0.1, 0.15) is 48.0 Å². The van der Waals surface area contributed by atoms with E-state index in [1.807, 2.05) is 0 Å². The van der Waals surface area contributed by atoms with E-state index >= 15 is 0 Å². The zero-order valence-electron chi connectivity index (χ0n) is 25.6. The second-order valence-electron chi connectivity index (χ2n) is 11.0. The average molecular weight is 617 g/mol. The summed E-state index contributed by atoms with van der Waals surface area (Å²) >= 11 is 0. The molecule has 0 aromatic heterocycles. The number of aliphatic hydroxyl groups excluding tert-OH is 7. The Morgan fingerprint density at radius 1 is 0.690 bits per heavy atom. The van der Waals surface area contributed by atoms with E-state index in [9.17, 15) is 50.4 Å². The maximum atomic E-state index is 12.6. The first-order valence-corrected chi connectivity index (χ1v) is 13.9. The summed E-state index contributed by atoms with van der Waals surface area (Å²) in [5, 5.41) is 80.4. The number of hydrogen-bond acceptors (Lipinski definition) is 15. The third-order valence-corrected chi connectivity index (χ3v) is 7.21. The van der Waals surface area contributed by atoms with E-state index in [0.29, 0.717) is 0 Å². The predicted octanol–water partition coefficient (Wildman–Crippen LogP) is -2.10. The Morgan fingerprint density at radius 2 is 1.19 bits per heavy atom. The van der Waals surface area contributed by atoms with Gasteiger partial charge in [0.2, 0.25) is 12.6 Å². The fourth-order valence-corrected chi connectivity index (χ4v) is 4.09. The molecule has 0 saturated heterocycles. The second-order valence-corrected chi connectivity index (χ2v) is 11.0. The van der Waals surface area contributed by atoms with E-state index in [4.69, 9.17) is 23.7 Å². The predicted molar refractivity (Wildman–Crippen MR) is 145 cm³/mol. The Bertz CT molecular complexity index is 764. The van der Waals surface area contributed by atoms with Gasteiger partial charge in [0.1, 0.15) is 18.3 Å². The van der Waals surface area contributed by atoms with E-state index in [2.05, 4.69) is 0 Å². The zero-order valence-corrected chi connectivity index (χ0v) is 25.6. The Kier molecular flexibility index (Phi) is 19.0. The van der Waals surface area contributed by atoms with Gasteiger partial charge in [0.15, 0.2) is 0 Å².